The van der Waals surface area contributed by atoms with E-state index in [4.69, 9.17) is 19.6 Å². The molecule has 0 spiro atoms. The first-order chi connectivity index (χ1) is 41.6. The number of nitrogens with zero attached hydrogens (tertiary/aromatic N) is 2. The Labute approximate surface area is 514 Å². The second-order valence-electron chi connectivity index (χ2n) is 25.1. The molecule has 21 nitrogen and oxygen atoms in total. The van der Waals surface area contributed by atoms with Gasteiger partial charge >= 0.3 is 12.2 Å². The topological polar surface area (TPSA) is 291 Å². The molecule has 0 aliphatic carbocycles. The third kappa shape index (κ3) is 16.1. The Morgan fingerprint density at radius 3 is 1.45 bits per heavy atom. The highest BCUT2D eigenvalue weighted by Crippen LogP contribution is 2.39. The van der Waals surface area contributed by atoms with E-state index in [0.717, 1.165) is 20.2 Å². The number of benzene rings is 5. The van der Waals surface area contributed by atoms with Crippen molar-refractivity contribution in [3.05, 3.63) is 143 Å². The van der Waals surface area contributed by atoms with Gasteiger partial charge in [0.15, 0.2) is 0 Å². The number of carbonyl (C=O) groups is 10. The van der Waals surface area contributed by atoms with Gasteiger partial charge in [-0.15, -0.1) is 0 Å². The lowest BCUT2D eigenvalue weighted by Crippen LogP contribution is -2.67. The first kappa shape index (κ1) is 66.8. The molecular weight excluding hydrogens is 1140 g/mol. The molecule has 0 saturated carbocycles. The molecule has 0 bridgehead atoms. The van der Waals surface area contributed by atoms with Crippen LogP contribution in [-0.2, 0) is 39.7 Å². The number of imide groups is 2. The van der Waals surface area contributed by atoms with Crippen molar-refractivity contribution in [1.29, 1.82) is 0 Å². The summed E-state index contributed by atoms with van der Waals surface area (Å²) in [6, 6.07) is 28.7. The number of alkyl carbamates (subject to hydrolysis) is 2. The fraction of sp³-hybridized carbons (Fsp3) is 0.424. The molecule has 2 heterocycles. The maximum Gasteiger partial charge on any atom is 0.408 e. The van der Waals surface area contributed by atoms with Crippen molar-refractivity contribution in [3.8, 4) is 0 Å². The SMILES string of the molecule is CC(C)C[C@H](NC(=O)[C@H](CCCCNC(=O)OC(C)(C)C)NC(=O)[C@H](CC(C)C)NC(=O)[C@H](CN1C(=O)c2ccc3c4c(ccc(c24)C1=O)C(=O)N(CCO[Si](c1ccccc1)(c1ccccc1)C(C)(C)C)C3=O)NC(=O)OCc1ccccc1)C(N)=O. The number of primary amides is 1. The van der Waals surface area contributed by atoms with E-state index in [0.29, 0.717) is 18.4 Å². The van der Waals surface area contributed by atoms with Crippen molar-refractivity contribution in [2.24, 2.45) is 17.6 Å². The fourth-order valence-electron chi connectivity index (χ4n) is 11.2. The van der Waals surface area contributed by atoms with E-state index in [-0.39, 0.29) is 95.5 Å². The van der Waals surface area contributed by atoms with E-state index in [1.807, 2.05) is 74.5 Å². The highest BCUT2D eigenvalue weighted by Gasteiger charge is 2.51. The molecule has 10 amide bonds. The van der Waals surface area contributed by atoms with Crippen LogP contribution in [-0.4, -0.2) is 134 Å². The van der Waals surface area contributed by atoms with E-state index in [1.165, 1.54) is 24.3 Å². The highest BCUT2D eigenvalue weighted by atomic mass is 28.4. The van der Waals surface area contributed by atoms with Crippen LogP contribution in [0.25, 0.3) is 10.8 Å². The van der Waals surface area contributed by atoms with E-state index in [9.17, 15) is 47.9 Å². The van der Waals surface area contributed by atoms with E-state index >= 15 is 0 Å². The Hall–Kier alpha value is -8.76. The third-order valence-corrected chi connectivity index (χ3v) is 20.3. The molecule has 7 rings (SSSR count). The normalized spacial score (nSPS) is 14.7. The summed E-state index contributed by atoms with van der Waals surface area (Å²) in [7, 11) is -3.07. The highest BCUT2D eigenvalue weighted by molar-refractivity contribution is 6.99. The van der Waals surface area contributed by atoms with Crippen LogP contribution in [0.3, 0.4) is 0 Å². The lowest BCUT2D eigenvalue weighted by atomic mass is 9.86. The van der Waals surface area contributed by atoms with Gasteiger partial charge in [0.1, 0.15) is 36.4 Å². The minimum absolute atomic E-state index is 0.00153. The second-order valence-corrected chi connectivity index (χ2v) is 29.4. The van der Waals surface area contributed by atoms with E-state index in [1.54, 1.807) is 65.0 Å². The molecule has 2 aliphatic rings. The molecule has 5 aromatic rings. The van der Waals surface area contributed by atoms with Crippen LogP contribution in [0, 0.1) is 11.8 Å². The largest absolute Gasteiger partial charge is 0.445 e. The van der Waals surface area contributed by atoms with Gasteiger partial charge in [0, 0.05) is 39.6 Å². The summed E-state index contributed by atoms with van der Waals surface area (Å²) in [5.41, 5.74) is 5.62. The predicted octanol–water partition coefficient (Wildman–Crippen LogP) is 6.63. The zero-order valence-electron chi connectivity index (χ0n) is 51.8. The monoisotopic (exact) mass is 1220 g/mol. The summed E-state index contributed by atoms with van der Waals surface area (Å²) >= 11 is 0. The van der Waals surface area contributed by atoms with Crippen molar-refractivity contribution >= 4 is 88.9 Å². The number of carbonyl (C=O) groups excluding carboxylic acids is 10. The Balaban J connectivity index is 1.13. The molecule has 0 aromatic heterocycles. The number of hydrogen-bond donors (Lipinski definition) is 6. The number of nitrogens with two attached hydrogens (primary N) is 1. The van der Waals surface area contributed by atoms with E-state index < -0.39 is 104 Å². The third-order valence-electron chi connectivity index (χ3n) is 15.2. The van der Waals surface area contributed by atoms with Gasteiger partial charge < -0.3 is 46.2 Å². The number of amides is 10. The molecule has 4 atom stereocenters. The number of rotatable bonds is 27. The zero-order chi connectivity index (χ0) is 64.3. The molecular formula is C66H82N8O13Si. The first-order valence-electron chi connectivity index (χ1n) is 29.8. The minimum Gasteiger partial charge on any atom is -0.445 e. The molecule has 2 aliphatic heterocycles. The van der Waals surface area contributed by atoms with Gasteiger partial charge in [-0.2, -0.15) is 0 Å². The Bertz CT molecular complexity index is 3290. The summed E-state index contributed by atoms with van der Waals surface area (Å²) in [6.07, 6.45) is -0.859. The van der Waals surface area contributed by atoms with Gasteiger partial charge in [-0.25, -0.2) is 9.59 Å². The number of ether oxygens (including phenoxy) is 2. The molecule has 0 fully saturated rings. The van der Waals surface area contributed by atoms with Gasteiger partial charge in [0.05, 0.1) is 19.7 Å². The summed E-state index contributed by atoms with van der Waals surface area (Å²) in [6.45, 7) is 17.9. The van der Waals surface area contributed by atoms with Gasteiger partial charge in [-0.1, -0.05) is 139 Å². The number of hydrogen-bond acceptors (Lipinski definition) is 13. The average molecular weight is 1220 g/mol. The summed E-state index contributed by atoms with van der Waals surface area (Å²) in [5.74, 6) is -6.74. The zero-order valence-corrected chi connectivity index (χ0v) is 52.8. The van der Waals surface area contributed by atoms with Crippen LogP contribution in [0.15, 0.2) is 115 Å². The Morgan fingerprint density at radius 2 is 0.977 bits per heavy atom. The standard InChI is InChI=1S/C66H82N8O13Si/c1-40(2)36-50(55(67)75)70-56(76)49(28-20-21-33-68-63(83)87-65(5,6)7)69-57(77)51(37-41(3)4)71-58(78)52(72-64(84)85-39-42-22-14-11-15-23-42)38-74-61(81)47-31-29-45-53-46(30-32-48(54(47)53)62(74)82)60(80)73(59(45)79)34-35-86-88(66(8,9)10,43-24-16-12-17-25-43)44-26-18-13-19-27-44/h11-19,22-27,29-32,40-41,49-52H,20-21,28,33-39H2,1-10H3,(H2,67,75)(H,68,83)(H,69,77)(H,70,76)(H,71,78)(H,72,84)/t49-,50-,51-,52-/m0/s1. The fourth-order valence-corrected chi connectivity index (χ4v) is 15.7. The molecule has 0 radical (unpaired) electrons. The van der Waals surface area contributed by atoms with Crippen molar-refractivity contribution in [2.45, 2.75) is 143 Å². The van der Waals surface area contributed by atoms with Gasteiger partial charge in [-0.05, 0) is 110 Å². The Morgan fingerprint density at radius 1 is 0.534 bits per heavy atom. The number of nitrogens with one attached hydrogen (secondary N) is 5. The molecule has 5 aromatic carbocycles. The van der Waals surface area contributed by atoms with Crippen LogP contribution in [0.5, 0.6) is 0 Å². The molecule has 7 N–H and O–H groups in total. The second kappa shape index (κ2) is 28.8. The average Bonchev–Trinajstić information content (AvgIpc) is 0.739. The lowest BCUT2D eigenvalue weighted by molar-refractivity contribution is -0.134. The maximum atomic E-state index is 14.8. The number of unbranched alkanes of at least 4 members (excludes halogenated alkanes) is 1. The van der Waals surface area contributed by atoms with Crippen LogP contribution in [0.2, 0.25) is 5.04 Å². The van der Waals surface area contributed by atoms with Crippen LogP contribution in [0.4, 0.5) is 9.59 Å². The first-order valence-corrected chi connectivity index (χ1v) is 31.7. The van der Waals surface area contributed by atoms with Crippen LogP contribution in [0.1, 0.15) is 148 Å². The molecule has 88 heavy (non-hydrogen) atoms. The smallest absolute Gasteiger partial charge is 0.408 e. The van der Waals surface area contributed by atoms with Gasteiger partial charge in [-0.3, -0.25) is 48.2 Å². The minimum atomic E-state index is -3.07. The molecule has 468 valence electrons. The van der Waals surface area contributed by atoms with Gasteiger partial charge in [0.2, 0.25) is 23.6 Å². The van der Waals surface area contributed by atoms with E-state index in [2.05, 4.69) is 47.4 Å². The van der Waals surface area contributed by atoms with Crippen molar-refractivity contribution in [1.82, 2.24) is 36.4 Å². The molecule has 22 heteroatoms. The molecule has 0 saturated heterocycles. The Kier molecular flexibility index (Phi) is 21.9. The van der Waals surface area contributed by atoms with Crippen molar-refractivity contribution in [3.63, 3.8) is 0 Å². The van der Waals surface area contributed by atoms with Crippen molar-refractivity contribution < 1.29 is 61.8 Å². The molecule has 0 unspecified atom stereocenters. The maximum absolute atomic E-state index is 14.8. The summed E-state index contributed by atoms with van der Waals surface area (Å²) in [5, 5.41) is 15.1. The van der Waals surface area contributed by atoms with Crippen LogP contribution >= 0.6 is 0 Å². The summed E-state index contributed by atoms with van der Waals surface area (Å²) in [4.78, 5) is 142. The summed E-state index contributed by atoms with van der Waals surface area (Å²) < 4.78 is 17.9. The van der Waals surface area contributed by atoms with Crippen molar-refractivity contribution in [2.75, 3.05) is 26.2 Å². The van der Waals surface area contributed by atoms with Crippen LogP contribution < -0.4 is 42.7 Å². The predicted molar refractivity (Wildman–Crippen MR) is 334 cm³/mol. The quantitative estimate of drug-likeness (QED) is 0.0183. The van der Waals surface area contributed by atoms with Gasteiger partial charge in [0.25, 0.3) is 31.9 Å². The lowest BCUT2D eigenvalue weighted by Gasteiger charge is -2.43.